The summed E-state index contributed by atoms with van der Waals surface area (Å²) in [5.41, 5.74) is 2.05. The van der Waals surface area contributed by atoms with Crippen LogP contribution in [0.2, 0.25) is 0 Å². The van der Waals surface area contributed by atoms with E-state index in [0.717, 1.165) is 24.0 Å². The zero-order valence-electron chi connectivity index (χ0n) is 14.5. The molecule has 0 spiro atoms. The maximum absolute atomic E-state index is 12.4. The van der Waals surface area contributed by atoms with E-state index < -0.39 is 5.60 Å². The summed E-state index contributed by atoms with van der Waals surface area (Å²) >= 11 is 0. The van der Waals surface area contributed by atoms with Gasteiger partial charge in [0, 0.05) is 6.54 Å². The highest BCUT2D eigenvalue weighted by Crippen LogP contribution is 2.35. The van der Waals surface area contributed by atoms with Crippen molar-refractivity contribution in [2.24, 2.45) is 0 Å². The normalized spacial score (nSPS) is 18.0. The molecule has 5 nitrogen and oxygen atoms in total. The number of amides is 1. The highest BCUT2D eigenvalue weighted by atomic mass is 16.6. The second-order valence-corrected chi connectivity index (χ2v) is 6.89. The number of nitrogens with zero attached hydrogens (tertiary/aromatic N) is 1. The summed E-state index contributed by atoms with van der Waals surface area (Å²) in [4.78, 5) is 25.8. The fraction of sp³-hybridized carbons (Fsp3) is 0.556. The number of hydrogen-bond acceptors (Lipinski definition) is 4. The molecule has 1 saturated heterocycles. The van der Waals surface area contributed by atoms with Crippen LogP contribution < -0.4 is 0 Å². The van der Waals surface area contributed by atoms with Gasteiger partial charge in [-0.25, -0.2) is 9.59 Å². The Morgan fingerprint density at radius 3 is 2.52 bits per heavy atom. The molecule has 1 aliphatic rings. The predicted octanol–water partition coefficient (Wildman–Crippen LogP) is 3.85. The number of hydrogen-bond donors (Lipinski definition) is 0. The number of carbonyl (C=O) groups excluding carboxylic acids is 2. The number of methoxy groups -OCH3 is 1. The van der Waals surface area contributed by atoms with E-state index in [1.807, 2.05) is 39.8 Å². The summed E-state index contributed by atoms with van der Waals surface area (Å²) in [7, 11) is 1.37. The summed E-state index contributed by atoms with van der Waals surface area (Å²) in [6.45, 7) is 8.25. The first-order valence-electron chi connectivity index (χ1n) is 7.91. The van der Waals surface area contributed by atoms with Crippen molar-refractivity contribution in [3.8, 4) is 0 Å². The van der Waals surface area contributed by atoms with Crippen molar-refractivity contribution in [2.75, 3.05) is 13.7 Å². The second-order valence-electron chi connectivity index (χ2n) is 6.89. The van der Waals surface area contributed by atoms with Gasteiger partial charge in [0.05, 0.1) is 18.7 Å². The molecule has 1 aliphatic heterocycles. The van der Waals surface area contributed by atoms with Gasteiger partial charge < -0.3 is 14.4 Å². The van der Waals surface area contributed by atoms with Crippen molar-refractivity contribution < 1.29 is 19.1 Å². The van der Waals surface area contributed by atoms with Gasteiger partial charge in [0.15, 0.2) is 0 Å². The fourth-order valence-electron chi connectivity index (χ4n) is 2.92. The molecule has 1 atom stereocenters. The van der Waals surface area contributed by atoms with Crippen LogP contribution in [0.25, 0.3) is 0 Å². The first-order chi connectivity index (χ1) is 10.7. The van der Waals surface area contributed by atoms with Gasteiger partial charge in [0.25, 0.3) is 0 Å². The lowest BCUT2D eigenvalue weighted by atomic mass is 9.97. The molecule has 0 radical (unpaired) electrons. The molecule has 0 aromatic heterocycles. The van der Waals surface area contributed by atoms with Crippen molar-refractivity contribution in [1.29, 1.82) is 0 Å². The number of esters is 1. The lowest BCUT2D eigenvalue weighted by molar-refractivity contribution is 0.0223. The maximum Gasteiger partial charge on any atom is 0.410 e. The summed E-state index contributed by atoms with van der Waals surface area (Å²) in [6, 6.07) is 5.47. The van der Waals surface area contributed by atoms with Crippen molar-refractivity contribution in [3.05, 3.63) is 34.9 Å². The highest BCUT2D eigenvalue weighted by molar-refractivity contribution is 5.89. The molecule has 126 valence electrons. The Balaban J connectivity index is 2.23. The summed E-state index contributed by atoms with van der Waals surface area (Å²) in [5, 5.41) is 0. The number of ether oxygens (including phenoxy) is 2. The summed E-state index contributed by atoms with van der Waals surface area (Å²) < 4.78 is 10.3. The number of benzene rings is 1. The molecule has 5 heteroatoms. The second kappa shape index (κ2) is 6.60. The van der Waals surface area contributed by atoms with E-state index in [1.54, 1.807) is 11.0 Å². The van der Waals surface area contributed by atoms with E-state index in [1.165, 1.54) is 7.11 Å². The molecule has 23 heavy (non-hydrogen) atoms. The van der Waals surface area contributed by atoms with Gasteiger partial charge >= 0.3 is 12.1 Å². The fourth-order valence-corrected chi connectivity index (χ4v) is 2.92. The van der Waals surface area contributed by atoms with Crippen LogP contribution in [-0.4, -0.2) is 36.2 Å². The van der Waals surface area contributed by atoms with Crippen LogP contribution in [0.3, 0.4) is 0 Å². The predicted molar refractivity (Wildman–Crippen MR) is 87.4 cm³/mol. The molecule has 0 N–H and O–H groups in total. The van der Waals surface area contributed by atoms with Crippen LogP contribution in [0, 0.1) is 6.92 Å². The maximum atomic E-state index is 12.4. The van der Waals surface area contributed by atoms with Crippen LogP contribution in [0.1, 0.15) is 61.1 Å². The van der Waals surface area contributed by atoms with Gasteiger partial charge in [-0.05, 0) is 63.8 Å². The average Bonchev–Trinajstić information content (AvgIpc) is 2.93. The van der Waals surface area contributed by atoms with E-state index in [2.05, 4.69) is 0 Å². The first kappa shape index (κ1) is 17.3. The van der Waals surface area contributed by atoms with Gasteiger partial charge in [-0.3, -0.25) is 0 Å². The summed E-state index contributed by atoms with van der Waals surface area (Å²) in [5.74, 6) is -0.352. The van der Waals surface area contributed by atoms with E-state index in [-0.39, 0.29) is 18.1 Å². The first-order valence-corrected chi connectivity index (χ1v) is 7.91. The molecule has 1 amide bonds. The van der Waals surface area contributed by atoms with Gasteiger partial charge in [-0.1, -0.05) is 6.07 Å². The Morgan fingerprint density at radius 1 is 1.26 bits per heavy atom. The molecule has 1 aromatic carbocycles. The largest absolute Gasteiger partial charge is 0.465 e. The Morgan fingerprint density at radius 2 is 1.96 bits per heavy atom. The number of likely N-dealkylation sites (tertiary alicyclic amines) is 1. The third-order valence-corrected chi connectivity index (χ3v) is 3.93. The summed E-state index contributed by atoms with van der Waals surface area (Å²) in [6.07, 6.45) is 1.57. The van der Waals surface area contributed by atoms with Gasteiger partial charge in [0.1, 0.15) is 5.60 Å². The van der Waals surface area contributed by atoms with Gasteiger partial charge in [-0.15, -0.1) is 0 Å². The van der Waals surface area contributed by atoms with Crippen molar-refractivity contribution in [1.82, 2.24) is 4.90 Å². The minimum Gasteiger partial charge on any atom is -0.465 e. The minimum atomic E-state index is -0.506. The zero-order valence-corrected chi connectivity index (χ0v) is 14.5. The van der Waals surface area contributed by atoms with Crippen LogP contribution >= 0.6 is 0 Å². The Labute approximate surface area is 137 Å². The van der Waals surface area contributed by atoms with Crippen LogP contribution in [0.4, 0.5) is 4.79 Å². The van der Waals surface area contributed by atoms with E-state index in [9.17, 15) is 9.59 Å². The molecule has 2 rings (SSSR count). The molecule has 1 aromatic rings. The van der Waals surface area contributed by atoms with Crippen LogP contribution in [0.5, 0.6) is 0 Å². The SMILES string of the molecule is COC(=O)c1ccc([C@@H]2CCCN2C(=O)OC(C)(C)C)c(C)c1. The Kier molecular flexibility index (Phi) is 4.97. The molecule has 0 bridgehead atoms. The molecule has 1 heterocycles. The molecule has 1 fully saturated rings. The smallest absolute Gasteiger partial charge is 0.410 e. The molecule has 0 saturated carbocycles. The molecular formula is C18H25NO4. The van der Waals surface area contributed by atoms with Gasteiger partial charge in [-0.2, -0.15) is 0 Å². The Hall–Kier alpha value is -2.04. The molecule has 0 unspecified atom stereocenters. The third kappa shape index (κ3) is 4.03. The van der Waals surface area contributed by atoms with E-state index >= 15 is 0 Å². The zero-order chi connectivity index (χ0) is 17.2. The number of rotatable bonds is 2. The third-order valence-electron chi connectivity index (χ3n) is 3.93. The van der Waals surface area contributed by atoms with Crippen molar-refractivity contribution in [3.63, 3.8) is 0 Å². The van der Waals surface area contributed by atoms with Crippen LogP contribution in [0.15, 0.2) is 18.2 Å². The van der Waals surface area contributed by atoms with E-state index in [4.69, 9.17) is 9.47 Å². The highest BCUT2D eigenvalue weighted by Gasteiger charge is 2.33. The minimum absolute atomic E-state index is 0.00320. The topological polar surface area (TPSA) is 55.8 Å². The van der Waals surface area contributed by atoms with E-state index in [0.29, 0.717) is 12.1 Å². The molecular weight excluding hydrogens is 294 g/mol. The standard InChI is InChI=1S/C18H25NO4/c1-12-11-13(16(20)22-5)8-9-14(12)15-7-6-10-19(15)17(21)23-18(2,3)4/h8-9,11,15H,6-7,10H2,1-5H3/t15-/m0/s1. The van der Waals surface area contributed by atoms with Gasteiger partial charge in [0.2, 0.25) is 0 Å². The van der Waals surface area contributed by atoms with Crippen molar-refractivity contribution in [2.45, 2.75) is 52.2 Å². The van der Waals surface area contributed by atoms with Crippen molar-refractivity contribution >= 4 is 12.1 Å². The molecule has 0 aliphatic carbocycles. The quantitative estimate of drug-likeness (QED) is 0.777. The number of carbonyl (C=O) groups is 2. The lowest BCUT2D eigenvalue weighted by Gasteiger charge is -2.29. The van der Waals surface area contributed by atoms with Crippen LogP contribution in [-0.2, 0) is 9.47 Å². The lowest BCUT2D eigenvalue weighted by Crippen LogP contribution is -2.36. The monoisotopic (exact) mass is 319 g/mol. The average molecular weight is 319 g/mol. The number of aryl methyl sites for hydroxylation is 1. The Bertz CT molecular complexity index is 604.